The molecule has 0 bridgehead atoms. The van der Waals surface area contributed by atoms with Gasteiger partial charge in [0.2, 0.25) is 6.33 Å². The van der Waals surface area contributed by atoms with E-state index in [1.807, 2.05) is 18.3 Å². The fourth-order valence-corrected chi connectivity index (χ4v) is 10.9. The van der Waals surface area contributed by atoms with Crippen LogP contribution in [0, 0.1) is 6.33 Å². The van der Waals surface area contributed by atoms with Crippen molar-refractivity contribution in [3.63, 3.8) is 0 Å². The first-order valence-corrected chi connectivity index (χ1v) is 21.2. The topological polar surface area (TPSA) is 35.9 Å². The lowest BCUT2D eigenvalue weighted by Gasteiger charge is -2.54. The summed E-state index contributed by atoms with van der Waals surface area (Å²) in [6.45, 7) is 19.1. The molecule has 1 aliphatic carbocycles. The van der Waals surface area contributed by atoms with Crippen molar-refractivity contribution in [3.8, 4) is 23.0 Å². The predicted octanol–water partition coefficient (Wildman–Crippen LogP) is 12.5. The number of para-hydroxylation sites is 2. The molecule has 0 fully saturated rings. The molecule has 11 rings (SSSR count). The van der Waals surface area contributed by atoms with Gasteiger partial charge in [0.25, 0.3) is 0 Å². The number of ether oxygens (including phenoxy) is 1. The number of benzene rings is 6. The van der Waals surface area contributed by atoms with Gasteiger partial charge in [-0.1, -0.05) is 140 Å². The zero-order valence-electron chi connectivity index (χ0n) is 36.0. The van der Waals surface area contributed by atoms with E-state index in [1.165, 1.54) is 55.4 Å². The molecule has 0 N–H and O–H groups in total. The first-order chi connectivity index (χ1) is 28.7. The lowest BCUT2D eigenvalue weighted by atomic mass is 9.50. The van der Waals surface area contributed by atoms with Crippen LogP contribution in [0.3, 0.4) is 0 Å². The van der Waals surface area contributed by atoms with Crippen molar-refractivity contribution in [3.05, 3.63) is 190 Å². The van der Waals surface area contributed by atoms with Gasteiger partial charge in [-0.05, 0) is 97.8 Å². The second-order valence-corrected chi connectivity index (χ2v) is 19.5. The average Bonchev–Trinajstić information content (AvgIpc) is 3.75. The third-order valence-electron chi connectivity index (χ3n) is 13.5. The monoisotopic (exact) mass is 782 g/mol. The van der Waals surface area contributed by atoms with Gasteiger partial charge < -0.3 is 13.9 Å². The maximum absolute atomic E-state index is 6.97. The molecule has 6 aromatic carbocycles. The van der Waals surface area contributed by atoms with Gasteiger partial charge >= 0.3 is 0 Å². The minimum absolute atomic E-state index is 0.133. The van der Waals surface area contributed by atoms with Crippen LogP contribution in [0.4, 0.5) is 0 Å². The molecule has 0 saturated carbocycles. The Hall–Kier alpha value is -6.46. The zero-order chi connectivity index (χ0) is 41.5. The van der Waals surface area contributed by atoms with Gasteiger partial charge in [0.05, 0.1) is 40.2 Å². The summed E-state index contributed by atoms with van der Waals surface area (Å²) in [6.07, 6.45) is 5.60. The number of imidazole rings is 1. The third kappa shape index (κ3) is 4.86. The maximum Gasteiger partial charge on any atom is 0.244 e. The summed E-state index contributed by atoms with van der Waals surface area (Å²) >= 11 is 0. The van der Waals surface area contributed by atoms with E-state index in [0.29, 0.717) is 0 Å². The number of pyridine rings is 1. The van der Waals surface area contributed by atoms with E-state index in [0.717, 1.165) is 44.9 Å². The van der Waals surface area contributed by atoms with E-state index in [4.69, 9.17) is 9.72 Å². The van der Waals surface area contributed by atoms with Crippen molar-refractivity contribution in [1.82, 2.24) is 14.1 Å². The second-order valence-electron chi connectivity index (χ2n) is 19.5. The Labute approximate surface area is 352 Å². The van der Waals surface area contributed by atoms with Crippen LogP contribution in [-0.2, 0) is 28.7 Å². The number of rotatable bonds is 3. The van der Waals surface area contributed by atoms with Crippen LogP contribution in [0.1, 0.15) is 99.9 Å². The normalized spacial score (nSPS) is 15.0. The van der Waals surface area contributed by atoms with Gasteiger partial charge in [-0.25, -0.2) is 4.98 Å². The molecule has 9 aromatic rings. The standard InChI is InChI=1S/C55H50N4O/c1-52(2,3)39-18-14-20-41-49(39)55(50-40(53(4,5)6)19-15-21-42(50)54(41,7)8)38-29-27-35(32-47(38)58-33-57(9)45-24-16-22-43(55)51(45)58)60-34-26-28-37-36-17-10-11-23-44(36)59(46(37)31-34)48-25-12-13-30-56-48/h10-32H,1-9H3. The summed E-state index contributed by atoms with van der Waals surface area (Å²) in [4.78, 5) is 4.76. The van der Waals surface area contributed by atoms with Gasteiger partial charge in [0.15, 0.2) is 0 Å². The Bertz CT molecular complexity index is 3170. The van der Waals surface area contributed by atoms with Gasteiger partial charge in [0.1, 0.15) is 17.3 Å². The number of fused-ring (bicyclic) bond motifs is 11. The van der Waals surface area contributed by atoms with Crippen molar-refractivity contribution in [1.29, 1.82) is 0 Å². The van der Waals surface area contributed by atoms with Crippen molar-refractivity contribution in [2.75, 3.05) is 0 Å². The molecule has 60 heavy (non-hydrogen) atoms. The fraction of sp³-hybridized carbons (Fsp3) is 0.236. The summed E-state index contributed by atoms with van der Waals surface area (Å²) in [5, 5.41) is 2.34. The average molecular weight is 783 g/mol. The molecule has 0 radical (unpaired) electrons. The number of nitrogens with zero attached hydrogens (tertiary/aromatic N) is 4. The van der Waals surface area contributed by atoms with Crippen LogP contribution in [0.5, 0.6) is 11.5 Å². The number of hydrogen-bond acceptors (Lipinski definition) is 2. The fourth-order valence-electron chi connectivity index (χ4n) is 10.9. The number of aromatic nitrogens is 4. The maximum atomic E-state index is 6.97. The van der Waals surface area contributed by atoms with Gasteiger partial charge in [-0.2, -0.15) is 0 Å². The summed E-state index contributed by atoms with van der Waals surface area (Å²) < 4.78 is 13.6. The highest BCUT2D eigenvalue weighted by Gasteiger charge is 2.55. The van der Waals surface area contributed by atoms with Crippen LogP contribution in [0.2, 0.25) is 0 Å². The highest BCUT2D eigenvalue weighted by atomic mass is 16.5. The van der Waals surface area contributed by atoms with Crippen LogP contribution in [0.25, 0.3) is 44.3 Å². The molecule has 296 valence electrons. The number of hydrogen-bond donors (Lipinski definition) is 0. The molecule has 0 saturated heterocycles. The first kappa shape index (κ1) is 36.6. The van der Waals surface area contributed by atoms with Crippen molar-refractivity contribution in [2.45, 2.75) is 77.0 Å². The van der Waals surface area contributed by atoms with E-state index < -0.39 is 5.41 Å². The van der Waals surface area contributed by atoms with Gasteiger partial charge in [0, 0.05) is 28.5 Å². The Balaban J connectivity index is 1.21. The van der Waals surface area contributed by atoms with Crippen LogP contribution < -0.4 is 9.30 Å². The molecule has 1 aliphatic heterocycles. The molecule has 4 heterocycles. The molecule has 5 nitrogen and oxygen atoms in total. The van der Waals surface area contributed by atoms with Crippen molar-refractivity contribution < 1.29 is 9.30 Å². The third-order valence-corrected chi connectivity index (χ3v) is 13.5. The molecule has 3 aromatic heterocycles. The molecule has 0 amide bonds. The van der Waals surface area contributed by atoms with E-state index >= 15 is 0 Å². The summed E-state index contributed by atoms with van der Waals surface area (Å²) in [7, 11) is 2.11. The van der Waals surface area contributed by atoms with Crippen LogP contribution in [-0.4, -0.2) is 14.1 Å². The van der Waals surface area contributed by atoms with Crippen LogP contribution >= 0.6 is 0 Å². The Morgan fingerprint density at radius 2 is 1.22 bits per heavy atom. The largest absolute Gasteiger partial charge is 0.458 e. The van der Waals surface area contributed by atoms with Crippen LogP contribution in [0.15, 0.2) is 140 Å². The second kappa shape index (κ2) is 12.3. The molecule has 1 spiro atoms. The summed E-state index contributed by atoms with van der Waals surface area (Å²) in [5.41, 5.74) is 15.2. The smallest absolute Gasteiger partial charge is 0.244 e. The molecular formula is C55H50N4O. The Morgan fingerprint density at radius 3 is 1.90 bits per heavy atom. The molecule has 0 atom stereocenters. The molecule has 0 unspecified atom stereocenters. The van der Waals surface area contributed by atoms with Gasteiger partial charge in [-0.15, -0.1) is 0 Å². The van der Waals surface area contributed by atoms with Crippen molar-refractivity contribution in [2.24, 2.45) is 7.05 Å². The van der Waals surface area contributed by atoms with Crippen molar-refractivity contribution >= 4 is 32.8 Å². The summed E-state index contributed by atoms with van der Waals surface area (Å²) in [6, 6.07) is 48.8. The van der Waals surface area contributed by atoms with E-state index in [1.54, 1.807) is 0 Å². The summed E-state index contributed by atoms with van der Waals surface area (Å²) in [5.74, 6) is 2.41. The molecule has 2 aliphatic rings. The first-order valence-electron chi connectivity index (χ1n) is 21.2. The van der Waals surface area contributed by atoms with E-state index in [-0.39, 0.29) is 16.2 Å². The number of aryl methyl sites for hydroxylation is 1. The SMILES string of the molecule is C[n+]1[c-]n2c3c(cccc31)C1(c3ccc(Oc4ccc5c6ccccc6n(-c6ccccn6)c5c4)cc3-2)c2c(C(C)(C)C)cccc2C(C)(C)c2cccc(C(C)(C)C)c21. The minimum Gasteiger partial charge on any atom is -0.458 e. The highest BCUT2D eigenvalue weighted by Crippen LogP contribution is 2.63. The zero-order valence-corrected chi connectivity index (χ0v) is 36.0. The lowest BCUT2D eigenvalue weighted by molar-refractivity contribution is -0.649. The lowest BCUT2D eigenvalue weighted by Crippen LogP contribution is -2.47. The van der Waals surface area contributed by atoms with E-state index in [2.05, 4.69) is 204 Å². The van der Waals surface area contributed by atoms with Gasteiger partial charge in [-0.3, -0.25) is 4.57 Å². The Morgan fingerprint density at radius 1 is 0.600 bits per heavy atom. The van der Waals surface area contributed by atoms with E-state index in [9.17, 15) is 0 Å². The molecule has 5 heteroatoms. The Kier molecular flexibility index (Phi) is 7.50. The quantitative estimate of drug-likeness (QED) is 0.132. The highest BCUT2D eigenvalue weighted by molar-refractivity contribution is 6.09. The minimum atomic E-state index is -0.640. The molecular weight excluding hydrogens is 733 g/mol. The predicted molar refractivity (Wildman–Crippen MR) is 243 cm³/mol.